The summed E-state index contributed by atoms with van der Waals surface area (Å²) in [6.45, 7) is 0. The molecular formula is C21H18ClNO4S. The number of hydrogen-bond donors (Lipinski definition) is 1. The van der Waals surface area contributed by atoms with Crippen LogP contribution in [0.15, 0.2) is 60.7 Å². The quantitative estimate of drug-likeness (QED) is 0.689. The lowest BCUT2D eigenvalue weighted by atomic mass is 9.88. The fourth-order valence-electron chi connectivity index (χ4n) is 3.53. The third kappa shape index (κ3) is 3.58. The highest BCUT2D eigenvalue weighted by atomic mass is 35.5. The van der Waals surface area contributed by atoms with E-state index in [0.29, 0.717) is 22.1 Å². The van der Waals surface area contributed by atoms with Gasteiger partial charge in [0.15, 0.2) is 0 Å². The van der Waals surface area contributed by atoms with Gasteiger partial charge in [-0.2, -0.15) is 0 Å². The molecule has 0 aliphatic carbocycles. The van der Waals surface area contributed by atoms with Crippen molar-refractivity contribution in [1.29, 1.82) is 0 Å². The Labute approximate surface area is 168 Å². The molecule has 0 radical (unpaired) electrons. The molecular weight excluding hydrogens is 398 g/mol. The maximum atomic E-state index is 11.6. The van der Waals surface area contributed by atoms with Crippen LogP contribution in [0.25, 0.3) is 11.1 Å². The van der Waals surface area contributed by atoms with Gasteiger partial charge in [0, 0.05) is 10.6 Å². The Morgan fingerprint density at radius 1 is 1.11 bits per heavy atom. The van der Waals surface area contributed by atoms with Crippen molar-refractivity contribution in [2.24, 2.45) is 5.14 Å². The minimum Gasteiger partial charge on any atom is -0.496 e. The number of nitrogens with two attached hydrogens (primary N) is 1. The molecule has 144 valence electrons. The van der Waals surface area contributed by atoms with E-state index in [9.17, 15) is 8.42 Å². The molecule has 0 saturated heterocycles. The number of ether oxygens (including phenoxy) is 2. The molecule has 3 aromatic rings. The third-order valence-electron chi connectivity index (χ3n) is 4.64. The summed E-state index contributed by atoms with van der Waals surface area (Å²) >= 11 is 6.19. The van der Waals surface area contributed by atoms with E-state index in [1.165, 1.54) is 0 Å². The molecule has 4 rings (SSSR count). The van der Waals surface area contributed by atoms with Gasteiger partial charge in [0.2, 0.25) is 10.0 Å². The Kier molecular flexibility index (Phi) is 4.79. The van der Waals surface area contributed by atoms with Crippen LogP contribution in [0, 0.1) is 0 Å². The topological polar surface area (TPSA) is 78.6 Å². The van der Waals surface area contributed by atoms with Crippen molar-refractivity contribution in [3.63, 3.8) is 0 Å². The van der Waals surface area contributed by atoms with Gasteiger partial charge < -0.3 is 9.47 Å². The molecule has 1 atom stereocenters. The molecule has 0 fully saturated rings. The summed E-state index contributed by atoms with van der Waals surface area (Å²) in [5.74, 6) is 1.12. The third-order valence-corrected chi connectivity index (χ3v) is 5.61. The van der Waals surface area contributed by atoms with Gasteiger partial charge in [-0.3, -0.25) is 0 Å². The number of primary sulfonamides is 1. The lowest BCUT2D eigenvalue weighted by molar-refractivity contribution is 0.242. The van der Waals surface area contributed by atoms with Gasteiger partial charge in [-0.05, 0) is 41.0 Å². The normalized spacial score (nSPS) is 15.3. The van der Waals surface area contributed by atoms with Crippen LogP contribution in [0.5, 0.6) is 11.5 Å². The molecule has 0 spiro atoms. The van der Waals surface area contributed by atoms with Gasteiger partial charge in [0.25, 0.3) is 0 Å². The highest BCUT2D eigenvalue weighted by Gasteiger charge is 2.30. The highest BCUT2D eigenvalue weighted by molar-refractivity contribution is 7.88. The second kappa shape index (κ2) is 7.13. The summed E-state index contributed by atoms with van der Waals surface area (Å²) in [4.78, 5) is 0. The Hall–Kier alpha value is -2.54. The van der Waals surface area contributed by atoms with Crippen LogP contribution in [0.2, 0.25) is 5.02 Å². The van der Waals surface area contributed by atoms with Gasteiger partial charge in [0.1, 0.15) is 17.6 Å². The number of halogens is 1. The van der Waals surface area contributed by atoms with Crippen LogP contribution in [0.4, 0.5) is 0 Å². The average Bonchev–Trinajstić information content (AvgIpc) is 2.65. The molecule has 0 amide bonds. The molecule has 1 unspecified atom stereocenters. The molecule has 28 heavy (non-hydrogen) atoms. The maximum absolute atomic E-state index is 11.6. The second-order valence-electron chi connectivity index (χ2n) is 6.62. The second-order valence-corrected chi connectivity index (χ2v) is 8.67. The lowest BCUT2D eigenvalue weighted by Crippen LogP contribution is -2.18. The summed E-state index contributed by atoms with van der Waals surface area (Å²) in [5, 5.41) is 5.83. The zero-order valence-corrected chi connectivity index (χ0v) is 16.6. The van der Waals surface area contributed by atoms with Crippen LogP contribution in [-0.4, -0.2) is 15.5 Å². The van der Waals surface area contributed by atoms with E-state index < -0.39 is 16.1 Å². The van der Waals surface area contributed by atoms with Crippen molar-refractivity contribution < 1.29 is 17.9 Å². The molecule has 0 aromatic heterocycles. The number of sulfonamides is 1. The van der Waals surface area contributed by atoms with E-state index in [2.05, 4.69) is 0 Å². The molecule has 3 aromatic carbocycles. The van der Waals surface area contributed by atoms with Crippen molar-refractivity contribution >= 4 is 21.6 Å². The number of fused-ring (bicyclic) bond motifs is 3. The van der Waals surface area contributed by atoms with E-state index in [4.69, 9.17) is 26.2 Å². The van der Waals surface area contributed by atoms with E-state index in [0.717, 1.165) is 22.3 Å². The average molecular weight is 416 g/mol. The van der Waals surface area contributed by atoms with Crippen molar-refractivity contribution in [2.45, 2.75) is 11.9 Å². The smallest absolute Gasteiger partial charge is 0.213 e. The van der Waals surface area contributed by atoms with Crippen molar-refractivity contribution in [3.05, 3.63) is 82.4 Å². The van der Waals surface area contributed by atoms with E-state index in [1.807, 2.05) is 48.5 Å². The number of methoxy groups -OCH3 is 1. The van der Waals surface area contributed by atoms with E-state index >= 15 is 0 Å². The zero-order chi connectivity index (χ0) is 19.9. The zero-order valence-electron chi connectivity index (χ0n) is 15.1. The van der Waals surface area contributed by atoms with Crippen LogP contribution in [0.3, 0.4) is 0 Å². The first-order valence-electron chi connectivity index (χ1n) is 8.58. The minimum atomic E-state index is -3.65. The predicted molar refractivity (Wildman–Crippen MR) is 109 cm³/mol. The molecule has 0 bridgehead atoms. The molecule has 1 aliphatic heterocycles. The Morgan fingerprint density at radius 2 is 1.89 bits per heavy atom. The van der Waals surface area contributed by atoms with Crippen LogP contribution in [0.1, 0.15) is 22.8 Å². The fraction of sp³-hybridized carbons (Fsp3) is 0.143. The van der Waals surface area contributed by atoms with Crippen molar-refractivity contribution in [3.8, 4) is 22.6 Å². The first kappa shape index (κ1) is 18.8. The SMILES string of the molecule is COc1cccc2c1-c1ccc(CS(N)(=O)=O)cc1C(c1cccc(Cl)c1)O2. The molecule has 1 heterocycles. The van der Waals surface area contributed by atoms with E-state index in [-0.39, 0.29) is 5.75 Å². The van der Waals surface area contributed by atoms with Gasteiger partial charge in [-0.1, -0.05) is 48.0 Å². The van der Waals surface area contributed by atoms with Crippen LogP contribution < -0.4 is 14.6 Å². The van der Waals surface area contributed by atoms with Gasteiger partial charge >= 0.3 is 0 Å². The molecule has 2 N–H and O–H groups in total. The van der Waals surface area contributed by atoms with Gasteiger partial charge in [-0.25, -0.2) is 13.6 Å². The van der Waals surface area contributed by atoms with Gasteiger partial charge in [-0.15, -0.1) is 0 Å². The Morgan fingerprint density at radius 3 is 2.61 bits per heavy atom. The fourth-order valence-corrected chi connectivity index (χ4v) is 4.37. The van der Waals surface area contributed by atoms with E-state index in [1.54, 1.807) is 19.2 Å². The Bertz CT molecular complexity index is 1160. The molecule has 1 aliphatic rings. The molecule has 0 saturated carbocycles. The summed E-state index contributed by atoms with van der Waals surface area (Å²) in [6, 6.07) is 18.5. The monoisotopic (exact) mass is 415 g/mol. The number of rotatable bonds is 4. The standard InChI is InChI=1S/C21H18ClNO4S/c1-26-18-6-3-7-19-20(18)16-9-8-13(12-28(23,24)25)10-17(16)21(27-19)14-4-2-5-15(22)11-14/h2-11,21H,12H2,1H3,(H2,23,24,25). The first-order valence-corrected chi connectivity index (χ1v) is 10.7. The van der Waals surface area contributed by atoms with Gasteiger partial charge in [0.05, 0.1) is 18.4 Å². The molecule has 7 heteroatoms. The van der Waals surface area contributed by atoms with Crippen LogP contribution >= 0.6 is 11.6 Å². The summed E-state index contributed by atoms with van der Waals surface area (Å²) < 4.78 is 35.0. The largest absolute Gasteiger partial charge is 0.496 e. The molecule has 5 nitrogen and oxygen atoms in total. The highest BCUT2D eigenvalue weighted by Crippen LogP contribution is 2.49. The summed E-state index contributed by atoms with van der Waals surface area (Å²) in [7, 11) is -2.05. The number of benzene rings is 3. The summed E-state index contributed by atoms with van der Waals surface area (Å²) in [6.07, 6.45) is -0.436. The van der Waals surface area contributed by atoms with Crippen molar-refractivity contribution in [2.75, 3.05) is 7.11 Å². The predicted octanol–water partition coefficient (Wildman–Crippen LogP) is 4.29. The maximum Gasteiger partial charge on any atom is 0.213 e. The van der Waals surface area contributed by atoms with Crippen molar-refractivity contribution in [1.82, 2.24) is 0 Å². The number of hydrogen-bond acceptors (Lipinski definition) is 4. The Balaban J connectivity index is 1.93. The first-order chi connectivity index (χ1) is 13.4. The minimum absolute atomic E-state index is 0.249. The van der Waals surface area contributed by atoms with Crippen LogP contribution in [-0.2, 0) is 15.8 Å². The summed E-state index contributed by atoms with van der Waals surface area (Å²) in [5.41, 5.74) is 4.05. The lowest BCUT2D eigenvalue weighted by Gasteiger charge is -2.30.